The number of fused-ring (bicyclic) bond motifs is 1. The summed E-state index contributed by atoms with van der Waals surface area (Å²) in [5, 5.41) is 8.29. The van der Waals surface area contributed by atoms with E-state index >= 15 is 0 Å². The molecular formula is C31H53N3. The first-order valence-corrected chi connectivity index (χ1v) is 14.5. The van der Waals surface area contributed by atoms with Crippen LogP contribution in [0.25, 0.3) is 10.9 Å². The Balaban J connectivity index is 1.41. The number of allylic oxidation sites excluding steroid dienone is 1. The monoisotopic (exact) mass is 467 g/mol. The first-order chi connectivity index (χ1) is 16.7. The number of H-pyrrole nitrogens is 1. The minimum atomic E-state index is 0.950. The number of hydrogen-bond donors (Lipinski definition) is 3. The number of hydrogen-bond acceptors (Lipinski definition) is 2. The summed E-state index contributed by atoms with van der Waals surface area (Å²) in [6.07, 6.45) is 25.5. The lowest BCUT2D eigenvalue weighted by atomic mass is 10.0. The fourth-order valence-electron chi connectivity index (χ4n) is 4.87. The Morgan fingerprint density at radius 1 is 0.794 bits per heavy atom. The zero-order valence-corrected chi connectivity index (χ0v) is 22.5. The fourth-order valence-corrected chi connectivity index (χ4v) is 4.87. The third-order valence-corrected chi connectivity index (χ3v) is 7.00. The first kappa shape index (κ1) is 28.3. The van der Waals surface area contributed by atoms with Gasteiger partial charge in [-0.25, -0.2) is 0 Å². The van der Waals surface area contributed by atoms with Gasteiger partial charge in [-0.2, -0.15) is 0 Å². The van der Waals surface area contributed by atoms with Crippen LogP contribution in [0.5, 0.6) is 0 Å². The molecule has 1 heterocycles. The number of aromatic amines is 1. The van der Waals surface area contributed by atoms with E-state index in [0.29, 0.717) is 0 Å². The third kappa shape index (κ3) is 12.0. The smallest absolute Gasteiger partial charge is 0.0458 e. The summed E-state index contributed by atoms with van der Waals surface area (Å²) in [4.78, 5) is 3.40. The van der Waals surface area contributed by atoms with E-state index in [9.17, 15) is 0 Å². The van der Waals surface area contributed by atoms with Crippen LogP contribution < -0.4 is 10.6 Å². The largest absolute Gasteiger partial charge is 0.388 e. The summed E-state index contributed by atoms with van der Waals surface area (Å²) >= 11 is 0. The highest BCUT2D eigenvalue weighted by molar-refractivity contribution is 5.86. The van der Waals surface area contributed by atoms with Gasteiger partial charge in [0.1, 0.15) is 0 Å². The normalized spacial score (nSPS) is 11.2. The second-order valence-corrected chi connectivity index (χ2v) is 10.1. The average Bonchev–Trinajstić information content (AvgIpc) is 3.24. The second-order valence-electron chi connectivity index (χ2n) is 10.1. The lowest BCUT2D eigenvalue weighted by Crippen LogP contribution is -2.15. The van der Waals surface area contributed by atoms with Crippen molar-refractivity contribution in [1.82, 2.24) is 10.3 Å². The van der Waals surface area contributed by atoms with Crippen LogP contribution in [0, 0.1) is 0 Å². The molecule has 2 rings (SSSR count). The number of benzene rings is 1. The highest BCUT2D eigenvalue weighted by Crippen LogP contribution is 2.23. The maximum absolute atomic E-state index is 4.25. The number of anilines is 1. The molecular weight excluding hydrogens is 414 g/mol. The van der Waals surface area contributed by atoms with Crippen LogP contribution in [0.15, 0.2) is 36.7 Å². The SMILES string of the molecule is C=C(CCCCCCCCCCCCCCCCC)NCCc1c[nH]c2ccc(NCC)cc12. The van der Waals surface area contributed by atoms with Crippen molar-refractivity contribution in [3.8, 4) is 0 Å². The van der Waals surface area contributed by atoms with Gasteiger partial charge in [0.15, 0.2) is 0 Å². The molecule has 0 spiro atoms. The molecule has 0 bridgehead atoms. The zero-order chi connectivity index (χ0) is 24.3. The van der Waals surface area contributed by atoms with Crippen molar-refractivity contribution in [1.29, 1.82) is 0 Å². The number of nitrogens with one attached hydrogen (secondary N) is 3. The molecule has 0 radical (unpaired) electrons. The highest BCUT2D eigenvalue weighted by atomic mass is 14.9. The van der Waals surface area contributed by atoms with E-state index in [1.165, 1.54) is 124 Å². The Labute approximate surface area is 210 Å². The average molecular weight is 468 g/mol. The number of rotatable bonds is 22. The van der Waals surface area contributed by atoms with Gasteiger partial charge in [0.2, 0.25) is 0 Å². The molecule has 0 saturated heterocycles. The van der Waals surface area contributed by atoms with Gasteiger partial charge in [0.05, 0.1) is 0 Å². The van der Waals surface area contributed by atoms with Gasteiger partial charge in [0.25, 0.3) is 0 Å². The highest BCUT2D eigenvalue weighted by Gasteiger charge is 2.05. The standard InChI is InChI=1S/C31H53N3/c1-4-6-7-8-9-10-11-12-13-14-15-16-17-18-19-20-27(3)33-24-23-28-26-34-31-22-21-29(32-5-2)25-30(28)31/h21-22,25-26,32-34H,3-20,23-24H2,1-2H3. The van der Waals surface area contributed by atoms with Crippen LogP contribution in [-0.2, 0) is 6.42 Å². The minimum absolute atomic E-state index is 0.950. The van der Waals surface area contributed by atoms with Gasteiger partial charge in [-0.1, -0.05) is 103 Å². The van der Waals surface area contributed by atoms with E-state index in [2.05, 4.69) is 60.4 Å². The first-order valence-electron chi connectivity index (χ1n) is 14.5. The Morgan fingerprint density at radius 3 is 1.97 bits per heavy atom. The van der Waals surface area contributed by atoms with Gasteiger partial charge in [-0.3, -0.25) is 0 Å². The molecule has 0 aliphatic rings. The summed E-state index contributed by atoms with van der Waals surface area (Å²) in [5.41, 5.74) is 4.99. The molecule has 34 heavy (non-hydrogen) atoms. The van der Waals surface area contributed by atoms with E-state index in [4.69, 9.17) is 0 Å². The summed E-state index contributed by atoms with van der Waals surface area (Å²) in [6.45, 7) is 10.6. The van der Waals surface area contributed by atoms with E-state index < -0.39 is 0 Å². The predicted octanol–water partition coefficient (Wildman–Crippen LogP) is 9.51. The quantitative estimate of drug-likeness (QED) is 0.151. The fraction of sp³-hybridized carbons (Fsp3) is 0.677. The molecule has 3 N–H and O–H groups in total. The van der Waals surface area contributed by atoms with Crippen molar-refractivity contribution in [3.63, 3.8) is 0 Å². The summed E-state index contributed by atoms with van der Waals surface area (Å²) in [5.74, 6) is 0. The molecule has 3 nitrogen and oxygen atoms in total. The van der Waals surface area contributed by atoms with Gasteiger partial charge in [-0.15, -0.1) is 0 Å². The van der Waals surface area contributed by atoms with Crippen LogP contribution in [-0.4, -0.2) is 18.1 Å². The van der Waals surface area contributed by atoms with E-state index in [0.717, 1.165) is 25.9 Å². The molecule has 0 fully saturated rings. The molecule has 192 valence electrons. The molecule has 0 atom stereocenters. The third-order valence-electron chi connectivity index (χ3n) is 7.00. The molecule has 1 aromatic heterocycles. The Morgan fingerprint density at radius 2 is 1.38 bits per heavy atom. The summed E-state index contributed by atoms with van der Waals surface area (Å²) in [6, 6.07) is 6.57. The molecule has 0 saturated carbocycles. The number of unbranched alkanes of at least 4 members (excludes halogenated alkanes) is 14. The topological polar surface area (TPSA) is 39.9 Å². The predicted molar refractivity (Wildman–Crippen MR) is 153 cm³/mol. The van der Waals surface area contributed by atoms with Crippen LogP contribution in [0.4, 0.5) is 5.69 Å². The zero-order valence-electron chi connectivity index (χ0n) is 22.5. The van der Waals surface area contributed by atoms with Crippen molar-refractivity contribution in [2.75, 3.05) is 18.4 Å². The van der Waals surface area contributed by atoms with Crippen molar-refractivity contribution < 1.29 is 0 Å². The van der Waals surface area contributed by atoms with E-state index in [-0.39, 0.29) is 0 Å². The lowest BCUT2D eigenvalue weighted by Gasteiger charge is -2.10. The molecule has 2 aromatic rings. The van der Waals surface area contributed by atoms with Crippen LogP contribution in [0.1, 0.15) is 122 Å². The minimum Gasteiger partial charge on any atom is -0.388 e. The molecule has 0 aliphatic heterocycles. The lowest BCUT2D eigenvalue weighted by molar-refractivity contribution is 0.531. The van der Waals surface area contributed by atoms with Crippen molar-refractivity contribution in [2.45, 2.75) is 123 Å². The maximum Gasteiger partial charge on any atom is 0.0458 e. The van der Waals surface area contributed by atoms with E-state index in [1.807, 2.05) is 0 Å². The van der Waals surface area contributed by atoms with Crippen LogP contribution in [0.2, 0.25) is 0 Å². The molecule has 3 heteroatoms. The van der Waals surface area contributed by atoms with Crippen molar-refractivity contribution >= 4 is 16.6 Å². The van der Waals surface area contributed by atoms with Crippen molar-refractivity contribution in [3.05, 3.63) is 42.2 Å². The Bertz CT molecular complexity index is 776. The number of aromatic nitrogens is 1. The van der Waals surface area contributed by atoms with Crippen molar-refractivity contribution in [2.24, 2.45) is 0 Å². The Kier molecular flexibility index (Phi) is 15.4. The summed E-state index contributed by atoms with van der Waals surface area (Å²) in [7, 11) is 0. The van der Waals surface area contributed by atoms with E-state index in [1.54, 1.807) is 0 Å². The molecule has 0 aliphatic carbocycles. The maximum atomic E-state index is 4.25. The van der Waals surface area contributed by atoms with Gasteiger partial charge in [-0.05, 0) is 49.9 Å². The second kappa shape index (κ2) is 18.4. The van der Waals surface area contributed by atoms with Gasteiger partial charge < -0.3 is 15.6 Å². The van der Waals surface area contributed by atoms with Gasteiger partial charge >= 0.3 is 0 Å². The van der Waals surface area contributed by atoms with Crippen LogP contribution in [0.3, 0.4) is 0 Å². The molecule has 1 aromatic carbocycles. The van der Waals surface area contributed by atoms with Crippen LogP contribution >= 0.6 is 0 Å². The summed E-state index contributed by atoms with van der Waals surface area (Å²) < 4.78 is 0. The molecule has 0 unspecified atom stereocenters. The Hall–Kier alpha value is -1.90. The van der Waals surface area contributed by atoms with Gasteiger partial charge in [0, 0.05) is 41.6 Å². The molecule has 0 amide bonds.